The second-order valence-electron chi connectivity index (χ2n) is 12.1. The average Bonchev–Trinajstić information content (AvgIpc) is 3.49. The molecule has 0 fully saturated rings. The maximum atomic E-state index is 4.39. The van der Waals surface area contributed by atoms with Crippen LogP contribution >= 0.6 is 0 Å². The van der Waals surface area contributed by atoms with Gasteiger partial charge in [-0.3, -0.25) is 0 Å². The molecule has 9 rings (SSSR count). The van der Waals surface area contributed by atoms with Crippen molar-refractivity contribution in [2.24, 2.45) is 0 Å². The van der Waals surface area contributed by atoms with Gasteiger partial charge in [-0.2, -0.15) is 0 Å². The van der Waals surface area contributed by atoms with Gasteiger partial charge in [0.2, 0.25) is 0 Å². The zero-order chi connectivity index (χ0) is 27.3. The molecule has 0 heterocycles. The molecule has 0 aliphatic heterocycles. The van der Waals surface area contributed by atoms with Gasteiger partial charge in [0.25, 0.3) is 0 Å². The van der Waals surface area contributed by atoms with Crippen LogP contribution in [0.4, 0.5) is 0 Å². The minimum absolute atomic E-state index is 0.361. The maximum Gasteiger partial charge on any atom is 0.0720 e. The number of fused-ring (bicyclic) bond motifs is 15. The molecule has 0 N–H and O–H groups in total. The lowest BCUT2D eigenvalue weighted by Crippen LogP contribution is -2.44. The molecular formula is C41H30. The van der Waals surface area contributed by atoms with Crippen LogP contribution in [0.3, 0.4) is 0 Å². The second-order valence-corrected chi connectivity index (χ2v) is 12.1. The van der Waals surface area contributed by atoms with Gasteiger partial charge in [0.1, 0.15) is 0 Å². The van der Waals surface area contributed by atoms with Gasteiger partial charge in [0, 0.05) is 0 Å². The summed E-state index contributed by atoms with van der Waals surface area (Å²) in [6, 6.07) is 43.9. The van der Waals surface area contributed by atoms with Gasteiger partial charge in [-0.15, -0.1) is 0 Å². The fraction of sp³-hybridized carbons (Fsp3) is 0.122. The minimum atomic E-state index is -0.410. The summed E-state index contributed by atoms with van der Waals surface area (Å²) < 4.78 is 0. The number of hydrogen-bond donors (Lipinski definition) is 0. The van der Waals surface area contributed by atoms with Crippen LogP contribution in [0.1, 0.15) is 69.8 Å². The number of rotatable bonds is 1. The Morgan fingerprint density at radius 3 is 1.71 bits per heavy atom. The highest BCUT2D eigenvalue weighted by molar-refractivity contribution is 5.94. The van der Waals surface area contributed by atoms with Crippen LogP contribution in [0.5, 0.6) is 0 Å². The Balaban J connectivity index is 1.54. The Bertz CT molecular complexity index is 1980. The summed E-state index contributed by atoms with van der Waals surface area (Å²) in [4.78, 5) is 0. The van der Waals surface area contributed by atoms with E-state index in [-0.39, 0.29) is 5.41 Å². The molecule has 0 aromatic heterocycles. The first-order valence-electron chi connectivity index (χ1n) is 14.8. The highest BCUT2D eigenvalue weighted by Crippen LogP contribution is 2.67. The van der Waals surface area contributed by atoms with Crippen molar-refractivity contribution in [3.05, 3.63) is 190 Å². The fourth-order valence-corrected chi connectivity index (χ4v) is 8.78. The molecule has 4 aliphatic rings. The lowest BCUT2D eigenvalue weighted by atomic mass is 9.51. The van der Waals surface area contributed by atoms with Gasteiger partial charge in [0.05, 0.1) is 10.8 Å². The molecule has 194 valence electrons. The summed E-state index contributed by atoms with van der Waals surface area (Å²) in [7, 11) is 0. The highest BCUT2D eigenvalue weighted by Gasteiger charge is 2.59. The first kappa shape index (κ1) is 23.1. The Kier molecular flexibility index (Phi) is 4.48. The van der Waals surface area contributed by atoms with Gasteiger partial charge in [0.15, 0.2) is 0 Å². The summed E-state index contributed by atoms with van der Waals surface area (Å²) >= 11 is 0. The van der Waals surface area contributed by atoms with Crippen molar-refractivity contribution >= 4 is 11.1 Å². The van der Waals surface area contributed by atoms with Crippen LogP contribution in [-0.2, 0) is 10.8 Å². The summed E-state index contributed by atoms with van der Waals surface area (Å²) in [5.74, 6) is 0. The summed E-state index contributed by atoms with van der Waals surface area (Å²) in [6.45, 7) is 6.52. The van der Waals surface area contributed by atoms with Crippen LogP contribution in [0.2, 0.25) is 0 Å². The first-order valence-corrected chi connectivity index (χ1v) is 14.8. The van der Waals surface area contributed by atoms with E-state index in [2.05, 4.69) is 141 Å². The van der Waals surface area contributed by atoms with E-state index in [9.17, 15) is 0 Å². The molecule has 1 atom stereocenters. The molecule has 4 aliphatic carbocycles. The third-order valence-electron chi connectivity index (χ3n) is 10.2. The van der Waals surface area contributed by atoms with Crippen LogP contribution < -0.4 is 0 Å². The smallest absolute Gasteiger partial charge is 0.0720 e. The van der Waals surface area contributed by atoms with Crippen LogP contribution in [0.25, 0.3) is 22.3 Å². The highest BCUT2D eigenvalue weighted by atomic mass is 14.6. The van der Waals surface area contributed by atoms with E-state index in [1.807, 2.05) is 0 Å². The summed E-state index contributed by atoms with van der Waals surface area (Å²) in [5.41, 5.74) is 18.4. The van der Waals surface area contributed by atoms with Crippen molar-refractivity contribution in [2.75, 3.05) is 0 Å². The van der Waals surface area contributed by atoms with Crippen LogP contribution in [0.15, 0.2) is 140 Å². The van der Waals surface area contributed by atoms with Gasteiger partial charge in [-0.05, 0) is 98.2 Å². The monoisotopic (exact) mass is 522 g/mol. The number of hydrogen-bond acceptors (Lipinski definition) is 0. The predicted octanol–water partition coefficient (Wildman–Crippen LogP) is 9.85. The van der Waals surface area contributed by atoms with E-state index in [1.165, 1.54) is 72.3 Å². The lowest BCUT2D eigenvalue weighted by Gasteiger charge is -2.49. The normalized spacial score (nSPS) is 19.8. The van der Waals surface area contributed by atoms with Gasteiger partial charge < -0.3 is 0 Å². The van der Waals surface area contributed by atoms with Crippen LogP contribution in [-0.4, -0.2) is 0 Å². The topological polar surface area (TPSA) is 0 Å². The predicted molar refractivity (Wildman–Crippen MR) is 170 cm³/mol. The first-order chi connectivity index (χ1) is 20.2. The molecule has 2 spiro atoms. The van der Waals surface area contributed by atoms with E-state index in [0.717, 1.165) is 18.4 Å². The average molecular weight is 523 g/mol. The molecule has 0 saturated carbocycles. The van der Waals surface area contributed by atoms with E-state index in [1.54, 1.807) is 0 Å². The molecule has 0 amide bonds. The molecule has 0 radical (unpaired) electrons. The SMILES string of the molecule is C=C(C)c1ccc2c(c1)C1(c3ccccc3-c3ccccc31)c1ccccc1C21C2=C(CCC=C2)c2ccccc21. The molecular weight excluding hydrogens is 492 g/mol. The molecule has 41 heavy (non-hydrogen) atoms. The standard InChI is InChI=1S/C41H30/c1-26(2)27-23-24-38-39(25-27)41(34-19-9-5-15-30(34)31-16-6-10-20-35(31)41)37-22-12-11-21-36(37)40(38)32-17-7-3-13-28(32)29-14-4-8-18-33(29)40/h3,5-13,15-25H,1,4,14H2,2H3. The Morgan fingerprint density at radius 1 is 0.561 bits per heavy atom. The summed E-state index contributed by atoms with van der Waals surface area (Å²) in [6.07, 6.45) is 7.02. The molecule has 5 aromatic carbocycles. The number of benzene rings is 5. The van der Waals surface area contributed by atoms with Crippen molar-refractivity contribution in [3.63, 3.8) is 0 Å². The third-order valence-corrected chi connectivity index (χ3v) is 10.2. The molecule has 0 saturated heterocycles. The fourth-order valence-electron chi connectivity index (χ4n) is 8.78. The Labute approximate surface area is 242 Å². The Morgan fingerprint density at radius 2 is 1.07 bits per heavy atom. The van der Waals surface area contributed by atoms with E-state index >= 15 is 0 Å². The van der Waals surface area contributed by atoms with E-state index in [0.29, 0.717) is 0 Å². The van der Waals surface area contributed by atoms with Crippen molar-refractivity contribution in [1.82, 2.24) is 0 Å². The molecule has 5 aromatic rings. The van der Waals surface area contributed by atoms with Crippen molar-refractivity contribution in [1.29, 1.82) is 0 Å². The van der Waals surface area contributed by atoms with Crippen LogP contribution in [0, 0.1) is 0 Å². The quantitative estimate of drug-likeness (QED) is 0.202. The van der Waals surface area contributed by atoms with Crippen molar-refractivity contribution in [3.8, 4) is 11.1 Å². The molecule has 0 bridgehead atoms. The number of allylic oxidation sites excluding steroid dienone is 5. The molecule has 1 unspecified atom stereocenters. The summed E-state index contributed by atoms with van der Waals surface area (Å²) in [5, 5.41) is 0. The van der Waals surface area contributed by atoms with Crippen molar-refractivity contribution < 1.29 is 0 Å². The van der Waals surface area contributed by atoms with Crippen molar-refractivity contribution in [2.45, 2.75) is 30.6 Å². The maximum absolute atomic E-state index is 4.39. The Hall–Kier alpha value is -4.68. The van der Waals surface area contributed by atoms with E-state index < -0.39 is 5.41 Å². The minimum Gasteiger partial charge on any atom is -0.0955 e. The van der Waals surface area contributed by atoms with E-state index in [4.69, 9.17) is 0 Å². The molecule has 0 heteroatoms. The van der Waals surface area contributed by atoms with Gasteiger partial charge >= 0.3 is 0 Å². The third kappa shape index (κ3) is 2.58. The van der Waals surface area contributed by atoms with Gasteiger partial charge in [-0.25, -0.2) is 0 Å². The second kappa shape index (κ2) is 7.95. The zero-order valence-corrected chi connectivity index (χ0v) is 23.2. The lowest BCUT2D eigenvalue weighted by molar-refractivity contribution is 0.628. The largest absolute Gasteiger partial charge is 0.0955 e. The zero-order valence-electron chi connectivity index (χ0n) is 23.2. The molecule has 0 nitrogen and oxygen atoms in total. The van der Waals surface area contributed by atoms with Gasteiger partial charge in [-0.1, -0.05) is 133 Å².